The van der Waals surface area contributed by atoms with Crippen molar-refractivity contribution in [3.05, 3.63) is 0 Å². The molecule has 0 amide bonds. The highest BCUT2D eigenvalue weighted by molar-refractivity contribution is 4.83. The molecule has 4 nitrogen and oxygen atoms in total. The standard InChI is InChI=1S/C11H24N2O2/c1-9(2)13-5-6-15-11(7-13)10(12-3)8-14-4/h9-12H,5-8H2,1-4H3. The Morgan fingerprint density at radius 2 is 2.27 bits per heavy atom. The summed E-state index contributed by atoms with van der Waals surface area (Å²) in [7, 11) is 3.69. The van der Waals surface area contributed by atoms with Gasteiger partial charge in [-0.1, -0.05) is 0 Å². The van der Waals surface area contributed by atoms with E-state index in [0.29, 0.717) is 12.6 Å². The van der Waals surface area contributed by atoms with Crippen LogP contribution in [0.3, 0.4) is 0 Å². The molecule has 90 valence electrons. The van der Waals surface area contributed by atoms with Crippen LogP contribution in [-0.4, -0.2) is 63.5 Å². The molecule has 2 unspecified atom stereocenters. The van der Waals surface area contributed by atoms with Crippen molar-refractivity contribution < 1.29 is 9.47 Å². The molecular formula is C11H24N2O2. The SMILES string of the molecule is CNC(COC)C1CN(C(C)C)CCO1. The van der Waals surface area contributed by atoms with E-state index in [1.165, 1.54) is 0 Å². The highest BCUT2D eigenvalue weighted by atomic mass is 16.5. The maximum atomic E-state index is 5.78. The summed E-state index contributed by atoms with van der Waals surface area (Å²) >= 11 is 0. The molecule has 1 aliphatic heterocycles. The monoisotopic (exact) mass is 216 g/mol. The topological polar surface area (TPSA) is 33.7 Å². The van der Waals surface area contributed by atoms with Crippen molar-refractivity contribution in [3.8, 4) is 0 Å². The Morgan fingerprint density at radius 1 is 1.53 bits per heavy atom. The van der Waals surface area contributed by atoms with E-state index in [-0.39, 0.29) is 12.1 Å². The van der Waals surface area contributed by atoms with Crippen molar-refractivity contribution in [1.82, 2.24) is 10.2 Å². The van der Waals surface area contributed by atoms with Gasteiger partial charge >= 0.3 is 0 Å². The first-order chi connectivity index (χ1) is 7.19. The van der Waals surface area contributed by atoms with E-state index in [1.54, 1.807) is 7.11 Å². The van der Waals surface area contributed by atoms with Crippen LogP contribution in [-0.2, 0) is 9.47 Å². The van der Waals surface area contributed by atoms with Crippen LogP contribution in [0.2, 0.25) is 0 Å². The molecule has 0 aromatic rings. The van der Waals surface area contributed by atoms with Crippen LogP contribution in [0.5, 0.6) is 0 Å². The van der Waals surface area contributed by atoms with E-state index in [0.717, 1.165) is 19.7 Å². The number of ether oxygens (including phenoxy) is 2. The van der Waals surface area contributed by atoms with Crippen molar-refractivity contribution in [3.63, 3.8) is 0 Å². The Balaban J connectivity index is 2.46. The maximum absolute atomic E-state index is 5.78. The molecule has 4 heteroatoms. The second kappa shape index (κ2) is 6.43. The Morgan fingerprint density at radius 3 is 2.80 bits per heavy atom. The Labute approximate surface area is 92.9 Å². The summed E-state index contributed by atoms with van der Waals surface area (Å²) in [4.78, 5) is 2.45. The zero-order valence-electron chi connectivity index (χ0n) is 10.3. The third-order valence-corrected chi connectivity index (χ3v) is 3.02. The van der Waals surface area contributed by atoms with E-state index in [9.17, 15) is 0 Å². The fourth-order valence-corrected chi connectivity index (χ4v) is 1.96. The van der Waals surface area contributed by atoms with Gasteiger partial charge in [0, 0.05) is 26.2 Å². The summed E-state index contributed by atoms with van der Waals surface area (Å²) in [6, 6.07) is 0.882. The zero-order valence-corrected chi connectivity index (χ0v) is 10.3. The minimum Gasteiger partial charge on any atom is -0.383 e. The number of nitrogens with zero attached hydrogens (tertiary/aromatic N) is 1. The molecule has 1 aliphatic rings. The van der Waals surface area contributed by atoms with Gasteiger partial charge in [0.05, 0.1) is 25.4 Å². The second-order valence-corrected chi connectivity index (χ2v) is 4.35. The maximum Gasteiger partial charge on any atom is 0.0877 e. The lowest BCUT2D eigenvalue weighted by molar-refractivity contribution is -0.0646. The van der Waals surface area contributed by atoms with E-state index >= 15 is 0 Å². The molecule has 0 bridgehead atoms. The summed E-state index contributed by atoms with van der Waals surface area (Å²) < 4.78 is 11.0. The van der Waals surface area contributed by atoms with Crippen molar-refractivity contribution >= 4 is 0 Å². The van der Waals surface area contributed by atoms with Crippen LogP contribution in [0.15, 0.2) is 0 Å². The van der Waals surface area contributed by atoms with E-state index in [4.69, 9.17) is 9.47 Å². The van der Waals surface area contributed by atoms with Crippen LogP contribution in [0.1, 0.15) is 13.8 Å². The minimum atomic E-state index is 0.242. The van der Waals surface area contributed by atoms with E-state index in [1.807, 2.05) is 7.05 Å². The first-order valence-corrected chi connectivity index (χ1v) is 5.71. The first kappa shape index (κ1) is 12.9. The lowest BCUT2D eigenvalue weighted by Gasteiger charge is -2.38. The Hall–Kier alpha value is -0.160. The molecule has 0 aliphatic carbocycles. The van der Waals surface area contributed by atoms with Gasteiger partial charge in [-0.15, -0.1) is 0 Å². The molecule has 1 saturated heterocycles. The number of methoxy groups -OCH3 is 1. The van der Waals surface area contributed by atoms with Crippen molar-refractivity contribution in [1.29, 1.82) is 0 Å². The smallest absolute Gasteiger partial charge is 0.0877 e. The fourth-order valence-electron chi connectivity index (χ4n) is 1.96. The molecule has 0 aromatic carbocycles. The average Bonchev–Trinajstić information content (AvgIpc) is 2.26. The van der Waals surface area contributed by atoms with Gasteiger partial charge in [0.2, 0.25) is 0 Å². The second-order valence-electron chi connectivity index (χ2n) is 4.35. The lowest BCUT2D eigenvalue weighted by Crippen LogP contribution is -2.54. The molecule has 2 atom stereocenters. The van der Waals surface area contributed by atoms with Gasteiger partial charge in [0.15, 0.2) is 0 Å². The molecule has 0 spiro atoms. The summed E-state index contributed by atoms with van der Waals surface area (Å²) in [5, 5.41) is 3.26. The lowest BCUT2D eigenvalue weighted by atomic mass is 10.1. The van der Waals surface area contributed by atoms with Crippen LogP contribution in [0.25, 0.3) is 0 Å². The summed E-state index contributed by atoms with van der Waals surface area (Å²) in [6.45, 7) is 8.02. The molecule has 15 heavy (non-hydrogen) atoms. The van der Waals surface area contributed by atoms with Crippen LogP contribution < -0.4 is 5.32 Å². The summed E-state index contributed by atoms with van der Waals surface area (Å²) in [6.07, 6.45) is 0.242. The van der Waals surface area contributed by atoms with Gasteiger partial charge in [0.1, 0.15) is 0 Å². The fraction of sp³-hybridized carbons (Fsp3) is 1.00. The molecule has 0 aromatic heterocycles. The number of likely N-dealkylation sites (N-methyl/N-ethyl adjacent to an activating group) is 1. The molecule has 0 radical (unpaired) electrons. The third-order valence-electron chi connectivity index (χ3n) is 3.02. The summed E-state index contributed by atoms with van der Waals surface area (Å²) in [5.74, 6) is 0. The minimum absolute atomic E-state index is 0.242. The third kappa shape index (κ3) is 3.72. The Kier molecular flexibility index (Phi) is 5.53. The van der Waals surface area contributed by atoms with E-state index < -0.39 is 0 Å². The average molecular weight is 216 g/mol. The predicted molar refractivity (Wildman–Crippen MR) is 61.2 cm³/mol. The van der Waals surface area contributed by atoms with E-state index in [2.05, 4.69) is 24.1 Å². The zero-order chi connectivity index (χ0) is 11.3. The Bertz CT molecular complexity index is 176. The number of morpholine rings is 1. The predicted octanol–water partition coefficient (Wildman–Crippen LogP) is 0.330. The highest BCUT2D eigenvalue weighted by Crippen LogP contribution is 2.11. The van der Waals surface area contributed by atoms with Gasteiger partial charge in [0.25, 0.3) is 0 Å². The van der Waals surface area contributed by atoms with Gasteiger partial charge in [-0.3, -0.25) is 4.90 Å². The quantitative estimate of drug-likeness (QED) is 0.718. The number of nitrogens with one attached hydrogen (secondary N) is 1. The van der Waals surface area contributed by atoms with Crippen molar-refractivity contribution in [2.75, 3.05) is 40.5 Å². The van der Waals surface area contributed by atoms with Crippen LogP contribution in [0.4, 0.5) is 0 Å². The molecule has 1 N–H and O–H groups in total. The van der Waals surface area contributed by atoms with Crippen molar-refractivity contribution in [2.45, 2.75) is 32.0 Å². The van der Waals surface area contributed by atoms with Gasteiger partial charge < -0.3 is 14.8 Å². The molecule has 1 rings (SSSR count). The molecule has 1 fully saturated rings. The molecular weight excluding hydrogens is 192 g/mol. The summed E-state index contributed by atoms with van der Waals surface area (Å²) in [5.41, 5.74) is 0. The van der Waals surface area contributed by atoms with Crippen LogP contribution in [0, 0.1) is 0 Å². The highest BCUT2D eigenvalue weighted by Gasteiger charge is 2.28. The molecule has 0 saturated carbocycles. The van der Waals surface area contributed by atoms with Gasteiger partial charge in [-0.05, 0) is 20.9 Å². The number of hydrogen-bond donors (Lipinski definition) is 1. The molecule has 1 heterocycles. The number of rotatable bonds is 5. The van der Waals surface area contributed by atoms with Gasteiger partial charge in [-0.25, -0.2) is 0 Å². The largest absolute Gasteiger partial charge is 0.383 e. The number of hydrogen-bond acceptors (Lipinski definition) is 4. The first-order valence-electron chi connectivity index (χ1n) is 5.71. The van der Waals surface area contributed by atoms with Gasteiger partial charge in [-0.2, -0.15) is 0 Å². The normalized spacial score (nSPS) is 25.8. The van der Waals surface area contributed by atoms with Crippen molar-refractivity contribution in [2.24, 2.45) is 0 Å². The van der Waals surface area contributed by atoms with Crippen LogP contribution >= 0.6 is 0 Å².